The average molecular weight is 315 g/mol. The number of ether oxygens (including phenoxy) is 1. The zero-order valence-corrected chi connectivity index (χ0v) is 12.3. The summed E-state index contributed by atoms with van der Waals surface area (Å²) in [6.45, 7) is 1.67. The Balaban J connectivity index is 2.31. The molecule has 100 valence electrons. The van der Waals surface area contributed by atoms with Crippen LogP contribution in [0.3, 0.4) is 0 Å². The highest BCUT2D eigenvalue weighted by Gasteiger charge is 2.31. The summed E-state index contributed by atoms with van der Waals surface area (Å²) < 4.78 is 6.04. The fraction of sp³-hybridized carbons (Fsp3) is 0.538. The maximum atomic E-state index is 10.1. The van der Waals surface area contributed by atoms with Gasteiger partial charge in [-0.3, -0.25) is 4.90 Å². The summed E-state index contributed by atoms with van der Waals surface area (Å²) in [7, 11) is 3.66. The molecule has 1 fully saturated rings. The Morgan fingerprint density at radius 3 is 2.83 bits per heavy atom. The van der Waals surface area contributed by atoms with E-state index >= 15 is 0 Å². The molecular formula is C13H19BrN2O2. The summed E-state index contributed by atoms with van der Waals surface area (Å²) in [5, 5.41) is 10.1. The first-order valence-electron chi connectivity index (χ1n) is 6.03. The highest BCUT2D eigenvalue weighted by atomic mass is 79.9. The molecule has 0 aliphatic carbocycles. The summed E-state index contributed by atoms with van der Waals surface area (Å²) in [5.74, 6) is 1.43. The van der Waals surface area contributed by atoms with E-state index in [-0.39, 0.29) is 11.8 Å². The first-order chi connectivity index (χ1) is 8.56. The van der Waals surface area contributed by atoms with Crippen LogP contribution >= 0.6 is 15.9 Å². The van der Waals surface area contributed by atoms with E-state index in [0.29, 0.717) is 18.2 Å². The standard InChI is InChI=1S/C13H19BrN2O2/c1-16-7-8(6-15)3-11(16)9-4-10(14)13(18-2)5-12(9)17/h4-5,8,11,17H,3,6-7,15H2,1-2H3. The van der Waals surface area contributed by atoms with Gasteiger partial charge in [0.15, 0.2) is 0 Å². The van der Waals surface area contributed by atoms with Crippen LogP contribution in [0, 0.1) is 5.92 Å². The van der Waals surface area contributed by atoms with Gasteiger partial charge in [0.1, 0.15) is 11.5 Å². The Morgan fingerprint density at radius 1 is 1.56 bits per heavy atom. The van der Waals surface area contributed by atoms with Crippen molar-refractivity contribution in [3.05, 3.63) is 22.2 Å². The lowest BCUT2D eigenvalue weighted by molar-refractivity contribution is 0.305. The van der Waals surface area contributed by atoms with E-state index in [2.05, 4.69) is 27.9 Å². The van der Waals surface area contributed by atoms with Gasteiger partial charge >= 0.3 is 0 Å². The van der Waals surface area contributed by atoms with E-state index < -0.39 is 0 Å². The van der Waals surface area contributed by atoms with Crippen LogP contribution in [0.2, 0.25) is 0 Å². The van der Waals surface area contributed by atoms with Crippen LogP contribution in [-0.4, -0.2) is 37.3 Å². The monoisotopic (exact) mass is 314 g/mol. The van der Waals surface area contributed by atoms with Crippen LogP contribution in [0.1, 0.15) is 18.0 Å². The molecule has 1 aliphatic rings. The second kappa shape index (κ2) is 5.47. The van der Waals surface area contributed by atoms with E-state index in [1.807, 2.05) is 6.07 Å². The molecule has 4 nitrogen and oxygen atoms in total. The van der Waals surface area contributed by atoms with Crippen molar-refractivity contribution >= 4 is 15.9 Å². The quantitative estimate of drug-likeness (QED) is 0.897. The van der Waals surface area contributed by atoms with Crippen molar-refractivity contribution in [3.8, 4) is 11.5 Å². The topological polar surface area (TPSA) is 58.7 Å². The predicted octanol–water partition coefficient (Wildman–Crippen LogP) is 2.11. The second-order valence-electron chi connectivity index (χ2n) is 4.84. The van der Waals surface area contributed by atoms with E-state index in [9.17, 15) is 5.11 Å². The van der Waals surface area contributed by atoms with E-state index in [4.69, 9.17) is 10.5 Å². The van der Waals surface area contributed by atoms with Crippen molar-refractivity contribution in [1.29, 1.82) is 0 Å². The number of aromatic hydroxyl groups is 1. The van der Waals surface area contributed by atoms with Crippen LogP contribution in [0.5, 0.6) is 11.5 Å². The zero-order chi connectivity index (χ0) is 13.3. The minimum absolute atomic E-state index is 0.223. The zero-order valence-electron chi connectivity index (χ0n) is 10.7. The average Bonchev–Trinajstić information content (AvgIpc) is 2.73. The van der Waals surface area contributed by atoms with E-state index in [1.54, 1.807) is 13.2 Å². The molecule has 2 unspecified atom stereocenters. The Kier molecular flexibility index (Phi) is 4.14. The molecule has 0 aromatic heterocycles. The molecule has 5 heteroatoms. The van der Waals surface area contributed by atoms with Crippen LogP contribution < -0.4 is 10.5 Å². The molecule has 0 bridgehead atoms. The summed E-state index contributed by atoms with van der Waals surface area (Å²) >= 11 is 3.46. The van der Waals surface area contributed by atoms with Crippen molar-refractivity contribution in [1.82, 2.24) is 4.90 Å². The van der Waals surface area contributed by atoms with Gasteiger partial charge in [0, 0.05) is 24.2 Å². The highest BCUT2D eigenvalue weighted by molar-refractivity contribution is 9.10. The number of nitrogens with two attached hydrogens (primary N) is 1. The largest absolute Gasteiger partial charge is 0.507 e. The van der Waals surface area contributed by atoms with Crippen LogP contribution in [-0.2, 0) is 0 Å². The lowest BCUT2D eigenvalue weighted by Gasteiger charge is -2.21. The van der Waals surface area contributed by atoms with E-state index in [0.717, 1.165) is 23.0 Å². The van der Waals surface area contributed by atoms with Gasteiger partial charge < -0.3 is 15.6 Å². The van der Waals surface area contributed by atoms with Crippen LogP contribution in [0.4, 0.5) is 0 Å². The van der Waals surface area contributed by atoms with Gasteiger partial charge in [-0.05, 0) is 47.9 Å². The number of rotatable bonds is 3. The number of benzene rings is 1. The molecule has 0 spiro atoms. The molecule has 1 saturated heterocycles. The minimum atomic E-state index is 0.223. The van der Waals surface area contributed by atoms with Crippen molar-refractivity contribution in [2.75, 3.05) is 27.2 Å². The second-order valence-corrected chi connectivity index (χ2v) is 5.69. The number of methoxy groups -OCH3 is 1. The number of halogens is 1. The number of phenolic OH excluding ortho intramolecular Hbond substituents is 1. The van der Waals surface area contributed by atoms with Gasteiger partial charge in [-0.1, -0.05) is 0 Å². The summed E-state index contributed by atoms with van der Waals surface area (Å²) in [6, 6.07) is 3.82. The van der Waals surface area contributed by atoms with Gasteiger partial charge in [0.25, 0.3) is 0 Å². The van der Waals surface area contributed by atoms with E-state index in [1.165, 1.54) is 0 Å². The number of hydrogen-bond acceptors (Lipinski definition) is 4. The summed E-state index contributed by atoms with van der Waals surface area (Å²) in [5.41, 5.74) is 6.66. The number of nitrogens with zero attached hydrogens (tertiary/aromatic N) is 1. The molecule has 1 aliphatic heterocycles. The SMILES string of the molecule is COc1cc(O)c(C2CC(CN)CN2C)cc1Br. The van der Waals surface area contributed by atoms with Crippen LogP contribution in [0.25, 0.3) is 0 Å². The smallest absolute Gasteiger partial charge is 0.136 e. The molecule has 18 heavy (non-hydrogen) atoms. The third-order valence-electron chi connectivity index (χ3n) is 3.63. The molecule has 0 saturated carbocycles. The first-order valence-corrected chi connectivity index (χ1v) is 6.82. The lowest BCUT2D eigenvalue weighted by Crippen LogP contribution is -2.20. The molecule has 2 atom stereocenters. The molecular weight excluding hydrogens is 296 g/mol. The highest BCUT2D eigenvalue weighted by Crippen LogP contribution is 2.41. The van der Waals surface area contributed by atoms with Gasteiger partial charge in [0.05, 0.1) is 11.6 Å². The fourth-order valence-corrected chi connectivity index (χ4v) is 3.14. The molecule has 1 aromatic carbocycles. The third-order valence-corrected chi connectivity index (χ3v) is 4.25. The molecule has 3 N–H and O–H groups in total. The third kappa shape index (κ3) is 2.48. The van der Waals surface area contributed by atoms with Crippen molar-refractivity contribution < 1.29 is 9.84 Å². The molecule has 0 radical (unpaired) electrons. The van der Waals surface area contributed by atoms with Crippen molar-refractivity contribution in [3.63, 3.8) is 0 Å². The van der Waals surface area contributed by atoms with Gasteiger partial charge in [0.2, 0.25) is 0 Å². The summed E-state index contributed by atoms with van der Waals surface area (Å²) in [6.07, 6.45) is 0.985. The number of hydrogen-bond donors (Lipinski definition) is 2. The maximum absolute atomic E-state index is 10.1. The van der Waals surface area contributed by atoms with Crippen molar-refractivity contribution in [2.45, 2.75) is 12.5 Å². The maximum Gasteiger partial charge on any atom is 0.136 e. The van der Waals surface area contributed by atoms with Crippen LogP contribution in [0.15, 0.2) is 16.6 Å². The molecule has 0 amide bonds. The van der Waals surface area contributed by atoms with Gasteiger partial charge in [-0.25, -0.2) is 0 Å². The Morgan fingerprint density at radius 2 is 2.28 bits per heavy atom. The number of phenols is 1. The molecule has 2 rings (SSSR count). The Bertz CT molecular complexity index is 439. The molecule has 1 aromatic rings. The normalized spacial score (nSPS) is 24.4. The summed E-state index contributed by atoms with van der Waals surface area (Å²) in [4.78, 5) is 2.24. The Hall–Kier alpha value is -0.780. The Labute approximate surface area is 116 Å². The fourth-order valence-electron chi connectivity index (χ4n) is 2.62. The van der Waals surface area contributed by atoms with Gasteiger partial charge in [-0.15, -0.1) is 0 Å². The van der Waals surface area contributed by atoms with Gasteiger partial charge in [-0.2, -0.15) is 0 Å². The van der Waals surface area contributed by atoms with Crippen molar-refractivity contribution in [2.24, 2.45) is 11.7 Å². The lowest BCUT2D eigenvalue weighted by atomic mass is 9.99. The number of likely N-dealkylation sites (tertiary alicyclic amines) is 1. The minimum Gasteiger partial charge on any atom is -0.507 e. The molecule has 1 heterocycles. The first kappa shape index (κ1) is 13.6. The predicted molar refractivity (Wildman–Crippen MR) is 74.9 cm³/mol.